The zero-order valence-corrected chi connectivity index (χ0v) is 8.82. The molecular weight excluding hydrogens is 212 g/mol. The minimum absolute atomic E-state index is 0.442. The summed E-state index contributed by atoms with van der Waals surface area (Å²) in [5.74, 6) is 0.679. The van der Waals surface area contributed by atoms with Gasteiger partial charge < -0.3 is 4.74 Å². The second kappa shape index (κ2) is 4.18. The number of aldehydes is 1. The van der Waals surface area contributed by atoms with Crippen LogP contribution in [0.3, 0.4) is 0 Å². The van der Waals surface area contributed by atoms with Crippen molar-refractivity contribution in [1.29, 1.82) is 0 Å². The van der Waals surface area contributed by atoms with Gasteiger partial charge in [-0.05, 0) is 12.1 Å². The van der Waals surface area contributed by atoms with Crippen LogP contribution in [0.2, 0.25) is 0 Å². The lowest BCUT2D eigenvalue weighted by Gasteiger charge is -2.03. The van der Waals surface area contributed by atoms with Gasteiger partial charge in [0, 0.05) is 12.4 Å². The summed E-state index contributed by atoms with van der Waals surface area (Å²) >= 11 is 1.29. The zero-order chi connectivity index (χ0) is 10.7. The van der Waals surface area contributed by atoms with Crippen LogP contribution in [0, 0.1) is 0 Å². The fourth-order valence-electron chi connectivity index (χ4n) is 1.19. The van der Waals surface area contributed by atoms with Gasteiger partial charge in [0.05, 0.1) is 12.0 Å². The van der Waals surface area contributed by atoms with E-state index in [1.54, 1.807) is 25.6 Å². The number of ether oxygens (including phenoxy) is 1. The van der Waals surface area contributed by atoms with Crippen molar-refractivity contribution in [1.82, 2.24) is 9.97 Å². The summed E-state index contributed by atoms with van der Waals surface area (Å²) in [7, 11) is 1.59. The summed E-state index contributed by atoms with van der Waals surface area (Å²) in [5, 5.41) is 0.442. The highest BCUT2D eigenvalue weighted by Crippen LogP contribution is 2.30. The van der Waals surface area contributed by atoms with Gasteiger partial charge in [-0.3, -0.25) is 9.78 Å². The van der Waals surface area contributed by atoms with Crippen molar-refractivity contribution in [2.75, 3.05) is 7.11 Å². The molecule has 0 aliphatic rings. The molecule has 0 atom stereocenters. The van der Waals surface area contributed by atoms with Crippen molar-refractivity contribution in [3.63, 3.8) is 0 Å². The Morgan fingerprint density at radius 2 is 2.33 bits per heavy atom. The number of hydrogen-bond donors (Lipinski definition) is 0. The second-order valence-corrected chi connectivity index (χ2v) is 3.80. The monoisotopic (exact) mass is 220 g/mol. The molecule has 0 saturated heterocycles. The fourth-order valence-corrected chi connectivity index (χ4v) is 1.93. The van der Waals surface area contributed by atoms with Gasteiger partial charge in [0.2, 0.25) is 0 Å². The molecule has 4 nitrogen and oxygen atoms in total. The molecule has 2 aromatic rings. The Kier molecular flexibility index (Phi) is 2.73. The number of carbonyl (C=O) groups is 1. The van der Waals surface area contributed by atoms with Gasteiger partial charge in [-0.2, -0.15) is 0 Å². The summed E-state index contributed by atoms with van der Waals surface area (Å²) in [5.41, 5.74) is 0.714. The molecule has 0 aliphatic carbocycles. The molecule has 0 saturated carbocycles. The third kappa shape index (κ3) is 1.87. The van der Waals surface area contributed by atoms with Crippen LogP contribution in [0.5, 0.6) is 5.75 Å². The second-order valence-electron chi connectivity index (χ2n) is 2.73. The molecule has 2 rings (SSSR count). The van der Waals surface area contributed by atoms with Gasteiger partial charge in [0.1, 0.15) is 11.4 Å². The Balaban J connectivity index is 2.48. The van der Waals surface area contributed by atoms with Crippen molar-refractivity contribution in [3.8, 4) is 16.3 Å². The predicted molar refractivity (Wildman–Crippen MR) is 57.3 cm³/mol. The minimum atomic E-state index is 0.442. The van der Waals surface area contributed by atoms with Gasteiger partial charge in [-0.25, -0.2) is 4.98 Å². The molecule has 76 valence electrons. The molecule has 0 spiro atoms. The van der Waals surface area contributed by atoms with Crippen LogP contribution in [0.4, 0.5) is 0 Å². The van der Waals surface area contributed by atoms with E-state index in [1.165, 1.54) is 11.3 Å². The Hall–Kier alpha value is -1.75. The lowest BCUT2D eigenvalue weighted by molar-refractivity contribution is 0.112. The standard InChI is InChI=1S/C10H8N2O2S/c1-14-7-3-2-4-11-10(7)8-5-12-9(6-13)15-8/h2-6H,1H3. The van der Waals surface area contributed by atoms with Crippen molar-refractivity contribution >= 4 is 17.6 Å². The number of rotatable bonds is 3. The van der Waals surface area contributed by atoms with E-state index in [0.29, 0.717) is 16.5 Å². The Morgan fingerprint density at radius 3 is 3.00 bits per heavy atom. The van der Waals surface area contributed by atoms with Crippen molar-refractivity contribution in [3.05, 3.63) is 29.5 Å². The number of methoxy groups -OCH3 is 1. The number of hydrogen-bond acceptors (Lipinski definition) is 5. The number of pyridine rings is 1. The maximum atomic E-state index is 10.5. The SMILES string of the molecule is COc1cccnc1-c1cnc(C=O)s1. The Bertz CT molecular complexity index is 482. The molecule has 0 radical (unpaired) electrons. The van der Waals surface area contributed by atoms with Crippen molar-refractivity contribution in [2.45, 2.75) is 0 Å². The van der Waals surface area contributed by atoms with Crippen molar-refractivity contribution in [2.24, 2.45) is 0 Å². The summed E-state index contributed by atoms with van der Waals surface area (Å²) in [6.07, 6.45) is 4.03. The predicted octanol–water partition coefficient (Wildman–Crippen LogP) is 2.03. The van der Waals surface area contributed by atoms with Crippen LogP contribution in [0.1, 0.15) is 9.80 Å². The summed E-state index contributed by atoms with van der Waals surface area (Å²) < 4.78 is 5.17. The van der Waals surface area contributed by atoms with E-state index in [-0.39, 0.29) is 0 Å². The van der Waals surface area contributed by atoms with Gasteiger partial charge in [0.25, 0.3) is 0 Å². The van der Waals surface area contributed by atoms with Crippen molar-refractivity contribution < 1.29 is 9.53 Å². The fraction of sp³-hybridized carbons (Fsp3) is 0.100. The first-order chi connectivity index (χ1) is 7.35. The molecule has 0 unspecified atom stereocenters. The molecule has 2 aromatic heterocycles. The van der Waals surface area contributed by atoms with Crippen LogP contribution in [-0.2, 0) is 0 Å². The number of nitrogens with zero attached hydrogens (tertiary/aromatic N) is 2. The van der Waals surface area contributed by atoms with Gasteiger partial charge >= 0.3 is 0 Å². The van der Waals surface area contributed by atoms with E-state index < -0.39 is 0 Å². The molecule has 0 aliphatic heterocycles. The summed E-state index contributed by atoms with van der Waals surface area (Å²) in [6.45, 7) is 0. The van der Waals surface area contributed by atoms with E-state index >= 15 is 0 Å². The number of thiazole rings is 1. The molecule has 15 heavy (non-hydrogen) atoms. The summed E-state index contributed by atoms with van der Waals surface area (Å²) in [4.78, 5) is 19.5. The third-order valence-corrected chi connectivity index (χ3v) is 2.78. The highest BCUT2D eigenvalue weighted by Gasteiger charge is 2.09. The topological polar surface area (TPSA) is 52.1 Å². The molecule has 0 fully saturated rings. The van der Waals surface area contributed by atoms with Gasteiger partial charge in [0.15, 0.2) is 11.3 Å². The lowest BCUT2D eigenvalue weighted by atomic mass is 10.3. The van der Waals surface area contributed by atoms with Crippen LogP contribution in [0.15, 0.2) is 24.5 Å². The maximum Gasteiger partial charge on any atom is 0.178 e. The first-order valence-corrected chi connectivity index (χ1v) is 5.07. The normalized spacial score (nSPS) is 9.93. The molecule has 2 heterocycles. The maximum absolute atomic E-state index is 10.5. The quantitative estimate of drug-likeness (QED) is 0.742. The molecule has 5 heteroatoms. The third-order valence-electron chi connectivity index (χ3n) is 1.85. The average Bonchev–Trinajstić information content (AvgIpc) is 2.77. The van der Waals surface area contributed by atoms with Crippen LogP contribution in [0.25, 0.3) is 10.6 Å². The highest BCUT2D eigenvalue weighted by molar-refractivity contribution is 7.16. The van der Waals surface area contributed by atoms with E-state index in [2.05, 4.69) is 9.97 Å². The van der Waals surface area contributed by atoms with Crippen LogP contribution < -0.4 is 4.74 Å². The van der Waals surface area contributed by atoms with Gasteiger partial charge in [-0.1, -0.05) is 0 Å². The van der Waals surface area contributed by atoms with E-state index in [9.17, 15) is 4.79 Å². The first-order valence-electron chi connectivity index (χ1n) is 4.25. The van der Waals surface area contributed by atoms with Crippen LogP contribution >= 0.6 is 11.3 Å². The van der Waals surface area contributed by atoms with Crippen LogP contribution in [-0.4, -0.2) is 23.4 Å². The van der Waals surface area contributed by atoms with Gasteiger partial charge in [-0.15, -0.1) is 11.3 Å². The lowest BCUT2D eigenvalue weighted by Crippen LogP contribution is -1.88. The molecule has 0 N–H and O–H groups in total. The first kappa shape index (κ1) is 9.79. The average molecular weight is 220 g/mol. The van der Waals surface area contributed by atoms with E-state index in [4.69, 9.17) is 4.74 Å². The molecule has 0 bridgehead atoms. The molecule has 0 amide bonds. The van der Waals surface area contributed by atoms with E-state index in [1.807, 2.05) is 6.07 Å². The highest BCUT2D eigenvalue weighted by atomic mass is 32.1. The largest absolute Gasteiger partial charge is 0.494 e. The van der Waals surface area contributed by atoms with E-state index in [0.717, 1.165) is 11.2 Å². The number of aromatic nitrogens is 2. The zero-order valence-electron chi connectivity index (χ0n) is 8.01. The molecular formula is C10H8N2O2S. The molecule has 0 aromatic carbocycles. The smallest absolute Gasteiger partial charge is 0.178 e. The number of carbonyl (C=O) groups excluding carboxylic acids is 1. The Labute approximate surface area is 90.6 Å². The Morgan fingerprint density at radius 1 is 1.47 bits per heavy atom. The minimum Gasteiger partial charge on any atom is -0.494 e. The summed E-state index contributed by atoms with van der Waals surface area (Å²) in [6, 6.07) is 3.62.